The standard InChI is InChI=1S/C8H9O2.Li/c1-10-8-4-2-3-7(5-8)6-9;/h2-5H,6H2,1H3;/q-1;+1. The van der Waals surface area contributed by atoms with Gasteiger partial charge in [0.2, 0.25) is 0 Å². The van der Waals surface area contributed by atoms with E-state index >= 15 is 0 Å². The molecule has 0 atom stereocenters. The molecule has 0 aliphatic rings. The van der Waals surface area contributed by atoms with Gasteiger partial charge < -0.3 is 9.84 Å². The smallest absolute Gasteiger partial charge is 0.851 e. The van der Waals surface area contributed by atoms with E-state index in [0.29, 0.717) is 0 Å². The Hall–Kier alpha value is -0.423. The fraction of sp³-hybridized carbons (Fsp3) is 0.250. The summed E-state index contributed by atoms with van der Waals surface area (Å²) >= 11 is 0. The van der Waals surface area contributed by atoms with Gasteiger partial charge in [-0.15, -0.1) is 6.61 Å². The van der Waals surface area contributed by atoms with Crippen LogP contribution < -0.4 is 28.7 Å². The second-order valence-corrected chi connectivity index (χ2v) is 2.00. The minimum atomic E-state index is -0.183. The number of benzene rings is 1. The normalized spacial score (nSPS) is 8.55. The predicted molar refractivity (Wildman–Crippen MR) is 36.7 cm³/mol. The van der Waals surface area contributed by atoms with Gasteiger partial charge in [0.25, 0.3) is 0 Å². The summed E-state index contributed by atoms with van der Waals surface area (Å²) in [6.45, 7) is -0.183. The van der Waals surface area contributed by atoms with Gasteiger partial charge >= 0.3 is 18.9 Å². The van der Waals surface area contributed by atoms with Crippen LogP contribution in [0.5, 0.6) is 5.75 Å². The molecule has 2 nitrogen and oxygen atoms in total. The van der Waals surface area contributed by atoms with Gasteiger partial charge in [0.15, 0.2) is 0 Å². The molecule has 1 aromatic rings. The van der Waals surface area contributed by atoms with Crippen LogP contribution in [0.4, 0.5) is 0 Å². The zero-order valence-electron chi connectivity index (χ0n) is 6.83. The third-order valence-electron chi connectivity index (χ3n) is 1.30. The van der Waals surface area contributed by atoms with Crippen LogP contribution >= 0.6 is 0 Å². The van der Waals surface area contributed by atoms with E-state index in [1.807, 2.05) is 12.1 Å². The maximum Gasteiger partial charge on any atom is 1.00 e. The predicted octanol–water partition coefficient (Wildman–Crippen LogP) is -2.44. The molecule has 0 aliphatic heterocycles. The van der Waals surface area contributed by atoms with Crippen LogP contribution in [0.3, 0.4) is 0 Å². The molecule has 0 heterocycles. The van der Waals surface area contributed by atoms with Crippen LogP contribution in [0.1, 0.15) is 5.56 Å². The Morgan fingerprint density at radius 2 is 2.18 bits per heavy atom. The van der Waals surface area contributed by atoms with Crippen LogP contribution in [0, 0.1) is 0 Å². The maximum atomic E-state index is 10.3. The average Bonchev–Trinajstić information content (AvgIpc) is 2.05. The number of methoxy groups -OCH3 is 1. The quantitative estimate of drug-likeness (QED) is 0.432. The Balaban J connectivity index is 0.000001000. The first-order valence-corrected chi connectivity index (χ1v) is 3.08. The minimum absolute atomic E-state index is 0. The topological polar surface area (TPSA) is 32.3 Å². The Morgan fingerprint density at radius 1 is 1.45 bits per heavy atom. The molecule has 1 rings (SSSR count). The van der Waals surface area contributed by atoms with Crippen molar-refractivity contribution in [3.63, 3.8) is 0 Å². The van der Waals surface area contributed by atoms with E-state index in [1.54, 1.807) is 19.2 Å². The van der Waals surface area contributed by atoms with Gasteiger partial charge in [0, 0.05) is 0 Å². The van der Waals surface area contributed by atoms with Crippen molar-refractivity contribution in [1.82, 2.24) is 0 Å². The molecule has 0 aromatic heterocycles. The molecule has 0 fully saturated rings. The van der Waals surface area contributed by atoms with Crippen LogP contribution in [-0.2, 0) is 6.61 Å². The molecule has 0 saturated heterocycles. The zero-order valence-corrected chi connectivity index (χ0v) is 6.83. The number of hydrogen-bond donors (Lipinski definition) is 0. The van der Waals surface area contributed by atoms with E-state index in [4.69, 9.17) is 4.74 Å². The van der Waals surface area contributed by atoms with Gasteiger partial charge in [-0.25, -0.2) is 0 Å². The second kappa shape index (κ2) is 5.26. The maximum absolute atomic E-state index is 10.3. The van der Waals surface area contributed by atoms with E-state index in [2.05, 4.69) is 0 Å². The van der Waals surface area contributed by atoms with Crippen molar-refractivity contribution in [3.8, 4) is 5.75 Å². The average molecular weight is 144 g/mol. The van der Waals surface area contributed by atoms with Gasteiger partial charge in [-0.3, -0.25) is 0 Å². The zero-order chi connectivity index (χ0) is 7.40. The summed E-state index contributed by atoms with van der Waals surface area (Å²) in [6.07, 6.45) is 0. The number of rotatable bonds is 2. The molecule has 54 valence electrons. The van der Waals surface area contributed by atoms with Crippen molar-refractivity contribution in [2.45, 2.75) is 6.61 Å². The summed E-state index contributed by atoms with van der Waals surface area (Å²) in [5, 5.41) is 10.3. The fourth-order valence-electron chi connectivity index (χ4n) is 0.762. The Morgan fingerprint density at radius 3 is 2.73 bits per heavy atom. The number of hydrogen-bond acceptors (Lipinski definition) is 2. The summed E-state index contributed by atoms with van der Waals surface area (Å²) in [5.74, 6) is 0.744. The largest absolute Gasteiger partial charge is 1.00 e. The van der Waals surface area contributed by atoms with Crippen LogP contribution in [-0.4, -0.2) is 7.11 Å². The SMILES string of the molecule is COc1cccc(C[O-])c1.[Li+]. The first-order chi connectivity index (χ1) is 4.86. The van der Waals surface area contributed by atoms with Crippen molar-refractivity contribution < 1.29 is 28.7 Å². The fourth-order valence-corrected chi connectivity index (χ4v) is 0.762. The summed E-state index contributed by atoms with van der Waals surface area (Å²) in [7, 11) is 1.59. The summed E-state index contributed by atoms with van der Waals surface area (Å²) < 4.78 is 4.92. The molecule has 1 aromatic carbocycles. The molecular formula is C8H9LiO2. The first-order valence-electron chi connectivity index (χ1n) is 3.08. The van der Waals surface area contributed by atoms with Crippen molar-refractivity contribution in [3.05, 3.63) is 29.8 Å². The van der Waals surface area contributed by atoms with E-state index in [0.717, 1.165) is 11.3 Å². The van der Waals surface area contributed by atoms with Gasteiger partial charge in [0.05, 0.1) is 7.11 Å². The Kier molecular flexibility index (Phi) is 5.06. The summed E-state index contributed by atoms with van der Waals surface area (Å²) in [5.41, 5.74) is 0.763. The molecule has 0 N–H and O–H groups in total. The van der Waals surface area contributed by atoms with E-state index in [9.17, 15) is 5.11 Å². The van der Waals surface area contributed by atoms with Crippen LogP contribution in [0.15, 0.2) is 24.3 Å². The molecule has 0 saturated carbocycles. The van der Waals surface area contributed by atoms with Crippen molar-refractivity contribution in [2.24, 2.45) is 0 Å². The van der Waals surface area contributed by atoms with Crippen LogP contribution in [0.2, 0.25) is 0 Å². The summed E-state index contributed by atoms with van der Waals surface area (Å²) in [4.78, 5) is 0. The molecule has 0 aliphatic carbocycles. The van der Waals surface area contributed by atoms with E-state index in [1.165, 1.54) is 0 Å². The molecule has 0 spiro atoms. The molecule has 0 amide bonds. The Labute approximate surface area is 78.4 Å². The van der Waals surface area contributed by atoms with E-state index < -0.39 is 0 Å². The second-order valence-electron chi connectivity index (χ2n) is 2.00. The third-order valence-corrected chi connectivity index (χ3v) is 1.30. The molecule has 0 radical (unpaired) electrons. The molecule has 0 bridgehead atoms. The monoisotopic (exact) mass is 144 g/mol. The van der Waals surface area contributed by atoms with E-state index in [-0.39, 0.29) is 25.5 Å². The number of ether oxygens (including phenoxy) is 1. The third kappa shape index (κ3) is 2.98. The molecule has 0 unspecified atom stereocenters. The first kappa shape index (κ1) is 10.6. The Bertz CT molecular complexity index is 194. The van der Waals surface area contributed by atoms with Crippen molar-refractivity contribution in [2.75, 3.05) is 7.11 Å². The summed E-state index contributed by atoms with van der Waals surface area (Å²) in [6, 6.07) is 7.16. The molecular weight excluding hydrogens is 135 g/mol. The van der Waals surface area contributed by atoms with Crippen molar-refractivity contribution in [1.29, 1.82) is 0 Å². The van der Waals surface area contributed by atoms with Crippen molar-refractivity contribution >= 4 is 0 Å². The molecule has 3 heteroatoms. The van der Waals surface area contributed by atoms with Gasteiger partial charge in [-0.1, -0.05) is 17.7 Å². The van der Waals surface area contributed by atoms with Gasteiger partial charge in [-0.2, -0.15) is 0 Å². The van der Waals surface area contributed by atoms with Gasteiger partial charge in [0.1, 0.15) is 5.75 Å². The minimum Gasteiger partial charge on any atom is -0.851 e. The molecule has 11 heavy (non-hydrogen) atoms. The van der Waals surface area contributed by atoms with Gasteiger partial charge in [-0.05, 0) is 12.1 Å². The van der Waals surface area contributed by atoms with Crippen LogP contribution in [0.25, 0.3) is 0 Å².